The van der Waals surface area contributed by atoms with Crippen LogP contribution in [-0.4, -0.2) is 12.5 Å². The summed E-state index contributed by atoms with van der Waals surface area (Å²) in [5.41, 5.74) is 3.05. The van der Waals surface area contributed by atoms with Crippen molar-refractivity contribution >= 4 is 5.91 Å². The smallest absolute Gasteiger partial charge is 0.258 e. The zero-order chi connectivity index (χ0) is 18.2. The van der Waals surface area contributed by atoms with Crippen LogP contribution in [0, 0.1) is 5.82 Å². The first kappa shape index (κ1) is 17.7. The second-order valence-electron chi connectivity index (χ2n) is 5.96. The van der Waals surface area contributed by atoms with Crippen LogP contribution >= 0.6 is 0 Å². The van der Waals surface area contributed by atoms with E-state index in [1.54, 1.807) is 12.1 Å². The fraction of sp³-hybridized carbons (Fsp3) is 0.136. The quantitative estimate of drug-likeness (QED) is 0.697. The van der Waals surface area contributed by atoms with Gasteiger partial charge in [-0.25, -0.2) is 4.39 Å². The van der Waals surface area contributed by atoms with Gasteiger partial charge in [-0.3, -0.25) is 4.79 Å². The van der Waals surface area contributed by atoms with Crippen LogP contribution in [-0.2, 0) is 17.8 Å². The number of rotatable bonds is 7. The van der Waals surface area contributed by atoms with Gasteiger partial charge in [-0.15, -0.1) is 0 Å². The van der Waals surface area contributed by atoms with Gasteiger partial charge < -0.3 is 10.1 Å². The van der Waals surface area contributed by atoms with Crippen LogP contribution < -0.4 is 10.1 Å². The Morgan fingerprint density at radius 1 is 0.846 bits per heavy atom. The highest BCUT2D eigenvalue weighted by molar-refractivity contribution is 5.77. The molecule has 3 rings (SSSR count). The van der Waals surface area contributed by atoms with Gasteiger partial charge in [0.2, 0.25) is 0 Å². The first-order valence-corrected chi connectivity index (χ1v) is 8.46. The van der Waals surface area contributed by atoms with Crippen molar-refractivity contribution in [2.24, 2.45) is 0 Å². The van der Waals surface area contributed by atoms with Crippen LogP contribution in [0.2, 0.25) is 0 Å². The number of hydrogen-bond donors (Lipinski definition) is 1. The Hall–Kier alpha value is -3.14. The molecule has 3 aromatic rings. The summed E-state index contributed by atoms with van der Waals surface area (Å²) in [6.07, 6.45) is 0.744. The number of ether oxygens (including phenoxy) is 1. The molecule has 4 heteroatoms. The molecule has 0 aliphatic carbocycles. The highest BCUT2D eigenvalue weighted by Gasteiger charge is 2.07. The Morgan fingerprint density at radius 3 is 2.31 bits per heavy atom. The average Bonchev–Trinajstić information content (AvgIpc) is 2.68. The third kappa shape index (κ3) is 5.18. The molecule has 1 amide bonds. The molecule has 3 aromatic carbocycles. The molecule has 0 aromatic heterocycles. The lowest BCUT2D eigenvalue weighted by molar-refractivity contribution is -0.123. The normalized spacial score (nSPS) is 10.3. The second-order valence-corrected chi connectivity index (χ2v) is 5.96. The molecule has 0 aliphatic heterocycles. The van der Waals surface area contributed by atoms with Crippen molar-refractivity contribution in [3.05, 3.63) is 101 Å². The molecular formula is C22H20FNO2. The number of benzene rings is 3. The van der Waals surface area contributed by atoms with Gasteiger partial charge in [-0.2, -0.15) is 0 Å². The van der Waals surface area contributed by atoms with Crippen LogP contribution in [0.1, 0.15) is 16.7 Å². The van der Waals surface area contributed by atoms with Crippen molar-refractivity contribution in [1.29, 1.82) is 0 Å². The maximum absolute atomic E-state index is 12.9. The lowest BCUT2D eigenvalue weighted by Gasteiger charge is -2.12. The van der Waals surface area contributed by atoms with Crippen LogP contribution in [0.4, 0.5) is 4.39 Å². The molecule has 132 valence electrons. The maximum atomic E-state index is 12.9. The second kappa shape index (κ2) is 8.81. The first-order chi connectivity index (χ1) is 12.7. The molecule has 1 N–H and O–H groups in total. The Morgan fingerprint density at radius 2 is 1.54 bits per heavy atom. The van der Waals surface area contributed by atoms with Crippen molar-refractivity contribution in [3.8, 4) is 5.75 Å². The molecular weight excluding hydrogens is 329 g/mol. The standard InChI is InChI=1S/C22H20FNO2/c23-20-12-10-18(11-13-20)15-24-22(25)16-26-21-9-5-4-8-19(21)14-17-6-2-1-3-7-17/h1-13H,14-16H2,(H,24,25). The van der Waals surface area contributed by atoms with Crippen molar-refractivity contribution in [2.45, 2.75) is 13.0 Å². The zero-order valence-corrected chi connectivity index (χ0v) is 14.3. The summed E-state index contributed by atoms with van der Waals surface area (Å²) in [6, 6.07) is 23.9. The fourth-order valence-corrected chi connectivity index (χ4v) is 2.60. The molecule has 0 saturated carbocycles. The van der Waals surface area contributed by atoms with Gasteiger partial charge in [-0.1, -0.05) is 60.7 Å². The molecule has 3 nitrogen and oxygen atoms in total. The number of amides is 1. The minimum atomic E-state index is -0.293. The topological polar surface area (TPSA) is 38.3 Å². The number of para-hydroxylation sites is 1. The Bertz CT molecular complexity index is 848. The van der Waals surface area contributed by atoms with E-state index in [4.69, 9.17) is 4.74 Å². The molecule has 0 aliphatic rings. The van der Waals surface area contributed by atoms with Gasteiger partial charge >= 0.3 is 0 Å². The van der Waals surface area contributed by atoms with Gasteiger partial charge in [0.1, 0.15) is 11.6 Å². The highest BCUT2D eigenvalue weighted by atomic mass is 19.1. The molecule has 0 atom stereocenters. The molecule has 0 fully saturated rings. The van der Waals surface area contributed by atoms with E-state index in [-0.39, 0.29) is 18.3 Å². The van der Waals surface area contributed by atoms with Crippen molar-refractivity contribution in [3.63, 3.8) is 0 Å². The Kier molecular flexibility index (Phi) is 5.99. The van der Waals surface area contributed by atoms with Gasteiger partial charge in [0.15, 0.2) is 6.61 Å². The van der Waals surface area contributed by atoms with Gasteiger partial charge in [-0.05, 0) is 34.9 Å². The molecule has 0 spiro atoms. The average molecular weight is 349 g/mol. The number of halogens is 1. The van der Waals surface area contributed by atoms with E-state index in [9.17, 15) is 9.18 Å². The summed E-state index contributed by atoms with van der Waals surface area (Å²) in [7, 11) is 0. The van der Waals surface area contributed by atoms with Gasteiger partial charge in [0.05, 0.1) is 0 Å². The first-order valence-electron chi connectivity index (χ1n) is 8.46. The predicted molar refractivity (Wildman–Crippen MR) is 99.4 cm³/mol. The van der Waals surface area contributed by atoms with E-state index in [2.05, 4.69) is 17.4 Å². The van der Waals surface area contributed by atoms with Crippen molar-refractivity contribution in [2.75, 3.05) is 6.61 Å². The van der Waals surface area contributed by atoms with E-state index >= 15 is 0 Å². The highest BCUT2D eigenvalue weighted by Crippen LogP contribution is 2.21. The van der Waals surface area contributed by atoms with Gasteiger partial charge in [0.25, 0.3) is 5.91 Å². The summed E-state index contributed by atoms with van der Waals surface area (Å²) >= 11 is 0. The van der Waals surface area contributed by atoms with Crippen LogP contribution in [0.25, 0.3) is 0 Å². The van der Waals surface area contributed by atoms with E-state index in [1.807, 2.05) is 42.5 Å². The number of carbonyl (C=O) groups excluding carboxylic acids is 1. The van der Waals surface area contributed by atoms with E-state index in [1.165, 1.54) is 17.7 Å². The molecule has 26 heavy (non-hydrogen) atoms. The maximum Gasteiger partial charge on any atom is 0.258 e. The summed E-state index contributed by atoms with van der Waals surface area (Å²) < 4.78 is 18.6. The summed E-state index contributed by atoms with van der Waals surface area (Å²) in [4.78, 5) is 12.0. The molecule has 0 saturated heterocycles. The van der Waals surface area contributed by atoms with Crippen LogP contribution in [0.15, 0.2) is 78.9 Å². The largest absolute Gasteiger partial charge is 0.483 e. The van der Waals surface area contributed by atoms with Crippen molar-refractivity contribution in [1.82, 2.24) is 5.32 Å². The predicted octanol–water partition coefficient (Wildman–Crippen LogP) is 4.11. The molecule has 0 radical (unpaired) electrons. The zero-order valence-electron chi connectivity index (χ0n) is 14.3. The monoisotopic (exact) mass is 349 g/mol. The summed E-state index contributed by atoms with van der Waals surface area (Å²) in [5.74, 6) is 0.190. The lowest BCUT2D eigenvalue weighted by atomic mass is 10.0. The van der Waals surface area contributed by atoms with Crippen LogP contribution in [0.5, 0.6) is 5.75 Å². The van der Waals surface area contributed by atoms with E-state index in [0.717, 1.165) is 17.5 Å². The lowest BCUT2D eigenvalue weighted by Crippen LogP contribution is -2.28. The molecule has 0 bridgehead atoms. The number of carbonyl (C=O) groups is 1. The fourth-order valence-electron chi connectivity index (χ4n) is 2.60. The molecule has 0 unspecified atom stereocenters. The SMILES string of the molecule is O=C(COc1ccccc1Cc1ccccc1)NCc1ccc(F)cc1. The van der Waals surface area contributed by atoms with E-state index in [0.29, 0.717) is 12.3 Å². The third-order valence-electron chi connectivity index (χ3n) is 3.97. The number of nitrogens with one attached hydrogen (secondary N) is 1. The number of hydrogen-bond acceptors (Lipinski definition) is 2. The summed E-state index contributed by atoms with van der Waals surface area (Å²) in [6.45, 7) is 0.279. The van der Waals surface area contributed by atoms with E-state index < -0.39 is 0 Å². The third-order valence-corrected chi connectivity index (χ3v) is 3.97. The molecule has 0 heterocycles. The Labute approximate surface area is 152 Å². The minimum absolute atomic E-state index is 0.0625. The van der Waals surface area contributed by atoms with Crippen molar-refractivity contribution < 1.29 is 13.9 Å². The van der Waals surface area contributed by atoms with Gasteiger partial charge in [0, 0.05) is 13.0 Å². The summed E-state index contributed by atoms with van der Waals surface area (Å²) in [5, 5.41) is 2.77. The van der Waals surface area contributed by atoms with Crippen LogP contribution in [0.3, 0.4) is 0 Å². The Balaban J connectivity index is 1.54. The minimum Gasteiger partial charge on any atom is -0.483 e.